The number of amides is 5. The van der Waals surface area contributed by atoms with E-state index >= 15 is 0 Å². The third-order valence-corrected chi connectivity index (χ3v) is 6.14. The van der Waals surface area contributed by atoms with Gasteiger partial charge >= 0.3 is 0 Å². The molecule has 11 nitrogen and oxygen atoms in total. The Hall–Kier alpha value is -3.63. The molecule has 0 spiro atoms. The molecule has 1 aromatic carbocycles. The summed E-state index contributed by atoms with van der Waals surface area (Å²) in [6.07, 6.45) is 2.50. The number of carbonyl (C=O) groups is 5. The highest BCUT2D eigenvalue weighted by atomic mass is 16.5. The monoisotopic (exact) mass is 501 g/mol. The first kappa shape index (κ1) is 27.0. The second-order valence-corrected chi connectivity index (χ2v) is 8.97. The van der Waals surface area contributed by atoms with E-state index in [4.69, 9.17) is 4.74 Å². The molecule has 4 N–H and O–H groups in total. The highest BCUT2D eigenvalue weighted by molar-refractivity contribution is 5.99. The topological polar surface area (TPSA) is 146 Å². The lowest BCUT2D eigenvalue weighted by molar-refractivity contribution is -0.129. The molecular weight excluding hydrogens is 466 g/mol. The lowest BCUT2D eigenvalue weighted by atomic mass is 10.1. The Balaban J connectivity index is 1.67. The van der Waals surface area contributed by atoms with Crippen molar-refractivity contribution in [2.45, 2.75) is 57.5 Å². The first-order valence-corrected chi connectivity index (χ1v) is 12.5. The molecule has 2 aliphatic heterocycles. The maximum absolute atomic E-state index is 13.1. The first-order chi connectivity index (χ1) is 17.3. The zero-order chi connectivity index (χ0) is 25.9. The molecule has 36 heavy (non-hydrogen) atoms. The Bertz CT molecular complexity index is 968. The second kappa shape index (κ2) is 13.5. The number of rotatable bonds is 5. The van der Waals surface area contributed by atoms with Gasteiger partial charge in [0.15, 0.2) is 0 Å². The van der Waals surface area contributed by atoms with Crippen LogP contribution < -0.4 is 26.0 Å². The van der Waals surface area contributed by atoms with Gasteiger partial charge < -0.3 is 30.9 Å². The van der Waals surface area contributed by atoms with Crippen molar-refractivity contribution in [2.24, 2.45) is 0 Å². The summed E-state index contributed by atoms with van der Waals surface area (Å²) in [5.41, 5.74) is 0.275. The van der Waals surface area contributed by atoms with Gasteiger partial charge in [0.2, 0.25) is 23.6 Å². The van der Waals surface area contributed by atoms with Crippen LogP contribution in [0.5, 0.6) is 5.75 Å². The fourth-order valence-electron chi connectivity index (χ4n) is 4.10. The summed E-state index contributed by atoms with van der Waals surface area (Å²) >= 11 is 0. The summed E-state index contributed by atoms with van der Waals surface area (Å²) in [6, 6.07) is 5.01. The van der Waals surface area contributed by atoms with Crippen molar-refractivity contribution in [2.75, 3.05) is 32.8 Å². The van der Waals surface area contributed by atoms with Crippen molar-refractivity contribution in [3.63, 3.8) is 0 Å². The Morgan fingerprint density at radius 2 is 1.92 bits per heavy atom. The smallest absolute Gasteiger partial charge is 0.255 e. The van der Waals surface area contributed by atoms with Gasteiger partial charge in [-0.25, -0.2) is 0 Å². The van der Waals surface area contributed by atoms with Crippen molar-refractivity contribution in [1.29, 1.82) is 0 Å². The molecule has 0 saturated carbocycles. The molecule has 1 saturated heterocycles. The number of ether oxygens (including phenoxy) is 1. The summed E-state index contributed by atoms with van der Waals surface area (Å²) in [7, 11) is 0. The number of likely N-dealkylation sites (tertiary alicyclic amines) is 1. The average Bonchev–Trinajstić information content (AvgIpc) is 3.27. The maximum Gasteiger partial charge on any atom is 0.255 e. The molecule has 3 rings (SSSR count). The highest BCUT2D eigenvalue weighted by Gasteiger charge is 2.25. The molecule has 196 valence electrons. The molecule has 0 radical (unpaired) electrons. The number of carbonyl (C=O) groups excluding carboxylic acids is 5. The standard InChI is InChI=1S/C25H35N5O6/c1-17-23(33)26-13-6-16-36-20-8-3-2-7-18(20)24(34)29-19(10-11-21(31)28-17)25(35)27-12-5-15-30-14-4-9-22(30)32/h2-3,7-8,17,19H,4-6,9-16H2,1H3,(H,26,33)(H,27,35)(H,28,31)(H,29,34)/t17?,19-/m0/s1. The molecule has 2 aliphatic rings. The predicted octanol–water partition coefficient (Wildman–Crippen LogP) is 0.0973. The third-order valence-electron chi connectivity index (χ3n) is 6.14. The number of hydrogen-bond acceptors (Lipinski definition) is 6. The molecule has 1 aromatic rings. The summed E-state index contributed by atoms with van der Waals surface area (Å²) in [5, 5.41) is 10.9. The Morgan fingerprint density at radius 3 is 2.69 bits per heavy atom. The lowest BCUT2D eigenvalue weighted by Gasteiger charge is -2.21. The molecule has 0 aromatic heterocycles. The van der Waals surface area contributed by atoms with Crippen molar-refractivity contribution < 1.29 is 28.7 Å². The fraction of sp³-hybridized carbons (Fsp3) is 0.560. The highest BCUT2D eigenvalue weighted by Crippen LogP contribution is 2.18. The molecule has 11 heteroatoms. The molecule has 2 heterocycles. The Kier molecular flexibility index (Phi) is 10.1. The number of para-hydroxylation sites is 1. The van der Waals surface area contributed by atoms with Crippen LogP contribution in [0, 0.1) is 0 Å². The van der Waals surface area contributed by atoms with Crippen molar-refractivity contribution >= 4 is 29.5 Å². The SMILES string of the molecule is CC1NC(=O)CC[C@@H](C(=O)NCCCN2CCCC2=O)NC(=O)c2ccccc2OCCCNC1=O. The molecule has 1 unspecified atom stereocenters. The lowest BCUT2D eigenvalue weighted by Crippen LogP contribution is -2.49. The van der Waals surface area contributed by atoms with Crippen LogP contribution in [-0.2, 0) is 19.2 Å². The van der Waals surface area contributed by atoms with Crippen LogP contribution in [0.4, 0.5) is 0 Å². The largest absolute Gasteiger partial charge is 0.493 e. The number of nitrogens with one attached hydrogen (secondary N) is 4. The van der Waals surface area contributed by atoms with E-state index in [0.29, 0.717) is 44.6 Å². The van der Waals surface area contributed by atoms with E-state index in [1.165, 1.54) is 0 Å². The third kappa shape index (κ3) is 7.96. The minimum atomic E-state index is -0.971. The van der Waals surface area contributed by atoms with Gasteiger partial charge in [0.1, 0.15) is 17.8 Å². The van der Waals surface area contributed by atoms with Gasteiger partial charge in [0, 0.05) is 39.0 Å². The van der Waals surface area contributed by atoms with Gasteiger partial charge in [-0.15, -0.1) is 0 Å². The van der Waals surface area contributed by atoms with Crippen molar-refractivity contribution in [3.8, 4) is 5.75 Å². The molecule has 0 aliphatic carbocycles. The minimum absolute atomic E-state index is 0.0470. The van der Waals surface area contributed by atoms with Crippen molar-refractivity contribution in [1.82, 2.24) is 26.2 Å². The van der Waals surface area contributed by atoms with Gasteiger partial charge in [-0.2, -0.15) is 0 Å². The van der Waals surface area contributed by atoms with Crippen LogP contribution in [0.2, 0.25) is 0 Å². The van der Waals surface area contributed by atoms with Gasteiger partial charge in [0.25, 0.3) is 5.91 Å². The van der Waals surface area contributed by atoms with Gasteiger partial charge in [-0.1, -0.05) is 12.1 Å². The first-order valence-electron chi connectivity index (χ1n) is 12.5. The van der Waals surface area contributed by atoms with E-state index in [1.807, 2.05) is 0 Å². The fourth-order valence-corrected chi connectivity index (χ4v) is 4.10. The molecule has 0 bridgehead atoms. The van der Waals surface area contributed by atoms with Gasteiger partial charge in [-0.3, -0.25) is 24.0 Å². The number of benzene rings is 1. The zero-order valence-electron chi connectivity index (χ0n) is 20.6. The van der Waals surface area contributed by atoms with Gasteiger partial charge in [0.05, 0.1) is 12.2 Å². The summed E-state index contributed by atoms with van der Waals surface area (Å²) < 4.78 is 5.76. The maximum atomic E-state index is 13.1. The minimum Gasteiger partial charge on any atom is -0.493 e. The van der Waals surface area contributed by atoms with E-state index in [1.54, 1.807) is 36.1 Å². The van der Waals surface area contributed by atoms with E-state index in [9.17, 15) is 24.0 Å². The van der Waals surface area contributed by atoms with E-state index < -0.39 is 29.8 Å². The van der Waals surface area contributed by atoms with E-state index in [0.717, 1.165) is 13.0 Å². The number of hydrogen-bond donors (Lipinski definition) is 4. The average molecular weight is 502 g/mol. The van der Waals surface area contributed by atoms with Crippen LogP contribution in [0.1, 0.15) is 55.8 Å². The van der Waals surface area contributed by atoms with Crippen LogP contribution in [0.25, 0.3) is 0 Å². The van der Waals surface area contributed by atoms with Crippen molar-refractivity contribution in [3.05, 3.63) is 29.8 Å². The molecule has 2 atom stereocenters. The predicted molar refractivity (Wildman–Crippen MR) is 131 cm³/mol. The Morgan fingerprint density at radius 1 is 1.11 bits per heavy atom. The number of nitrogens with zero attached hydrogens (tertiary/aromatic N) is 1. The van der Waals surface area contributed by atoms with Crippen LogP contribution in [-0.4, -0.2) is 79.3 Å². The second-order valence-electron chi connectivity index (χ2n) is 8.97. The summed E-state index contributed by atoms with van der Waals surface area (Å²) in [6.45, 7) is 3.84. The zero-order valence-corrected chi connectivity index (χ0v) is 20.6. The molecular formula is C25H35N5O6. The summed E-state index contributed by atoms with van der Waals surface area (Å²) in [4.78, 5) is 64.2. The van der Waals surface area contributed by atoms with Gasteiger partial charge in [-0.05, 0) is 44.7 Å². The number of fused-ring (bicyclic) bond motifs is 1. The Labute approximate surface area is 210 Å². The molecule has 1 fully saturated rings. The summed E-state index contributed by atoms with van der Waals surface area (Å²) in [5.74, 6) is -1.12. The quantitative estimate of drug-likeness (QED) is 0.421. The van der Waals surface area contributed by atoms with Crippen LogP contribution in [0.3, 0.4) is 0 Å². The van der Waals surface area contributed by atoms with Crippen LogP contribution in [0.15, 0.2) is 24.3 Å². The molecule has 5 amide bonds. The van der Waals surface area contributed by atoms with E-state index in [2.05, 4.69) is 21.3 Å². The van der Waals surface area contributed by atoms with Crippen LogP contribution >= 0.6 is 0 Å². The normalized spacial score (nSPS) is 22.1. The van der Waals surface area contributed by atoms with E-state index in [-0.39, 0.29) is 36.8 Å².